The average Bonchev–Trinajstić information content (AvgIpc) is 2.55. The second kappa shape index (κ2) is 10.3. The lowest BCUT2D eigenvalue weighted by Gasteiger charge is -2.52. The van der Waals surface area contributed by atoms with E-state index < -0.39 is 0 Å². The summed E-state index contributed by atoms with van der Waals surface area (Å²) < 4.78 is 0. The number of hydrazine groups is 1. The predicted octanol–water partition coefficient (Wildman–Crippen LogP) is 4.23. The lowest BCUT2D eigenvalue weighted by molar-refractivity contribution is -0.134. The molecular weight excluding hydrogens is 388 g/mol. The molecule has 0 atom stereocenters. The van der Waals surface area contributed by atoms with E-state index in [1.165, 1.54) is 12.5 Å². The molecule has 3 N–H and O–H groups in total. The van der Waals surface area contributed by atoms with E-state index in [1.54, 1.807) is 12.2 Å². The van der Waals surface area contributed by atoms with Gasteiger partial charge >= 0.3 is 0 Å². The Morgan fingerprint density at radius 2 is 1.42 bits per heavy atom. The molecule has 6 nitrogen and oxygen atoms in total. The van der Waals surface area contributed by atoms with Crippen molar-refractivity contribution >= 4 is 11.8 Å². The van der Waals surface area contributed by atoms with Gasteiger partial charge in [-0.25, -0.2) is 5.01 Å². The van der Waals surface area contributed by atoms with Gasteiger partial charge in [0.15, 0.2) is 0 Å². The van der Waals surface area contributed by atoms with Crippen LogP contribution >= 0.6 is 0 Å². The fraction of sp³-hybridized carbons (Fsp3) is 0.760. The number of carbonyl (C=O) groups excluding carboxylic acids is 2. The molecule has 0 unspecified atom stereocenters. The van der Waals surface area contributed by atoms with Gasteiger partial charge in [-0.05, 0) is 107 Å². The summed E-state index contributed by atoms with van der Waals surface area (Å²) in [6, 6.07) is 0.259. The summed E-state index contributed by atoms with van der Waals surface area (Å²) in [7, 11) is 0. The summed E-state index contributed by atoms with van der Waals surface area (Å²) in [6.07, 6.45) is 10.0. The van der Waals surface area contributed by atoms with E-state index in [-0.39, 0.29) is 40.0 Å². The average molecular weight is 435 g/mol. The highest BCUT2D eigenvalue weighted by atomic mass is 16.2. The predicted molar refractivity (Wildman–Crippen MR) is 129 cm³/mol. The molecule has 2 amide bonds. The van der Waals surface area contributed by atoms with Crippen molar-refractivity contribution in [2.45, 2.75) is 123 Å². The molecule has 0 aromatic rings. The van der Waals surface area contributed by atoms with Gasteiger partial charge in [-0.1, -0.05) is 12.7 Å². The van der Waals surface area contributed by atoms with Crippen LogP contribution in [0, 0.1) is 0 Å². The van der Waals surface area contributed by atoms with Gasteiger partial charge in [0.1, 0.15) is 0 Å². The van der Waals surface area contributed by atoms with E-state index in [2.05, 4.69) is 83.0 Å². The summed E-state index contributed by atoms with van der Waals surface area (Å²) in [6.45, 7) is 22.7. The van der Waals surface area contributed by atoms with Gasteiger partial charge in [-0.3, -0.25) is 15.0 Å². The zero-order valence-electron chi connectivity index (χ0n) is 21.3. The van der Waals surface area contributed by atoms with Crippen LogP contribution in [0.15, 0.2) is 24.8 Å². The first kappa shape index (κ1) is 27.4. The Morgan fingerprint density at radius 1 is 0.935 bits per heavy atom. The Labute approximate surface area is 190 Å². The van der Waals surface area contributed by atoms with E-state index in [4.69, 9.17) is 0 Å². The number of rotatable bonds is 4. The quantitative estimate of drug-likeness (QED) is 0.579. The largest absolute Gasteiger partial charge is 0.350 e. The van der Waals surface area contributed by atoms with Crippen LogP contribution in [0.1, 0.15) is 94.4 Å². The third-order valence-electron chi connectivity index (χ3n) is 6.05. The smallest absolute Gasteiger partial charge is 0.257 e. The molecule has 31 heavy (non-hydrogen) atoms. The maximum absolute atomic E-state index is 11.5. The highest BCUT2D eigenvalue weighted by Gasteiger charge is 2.42. The van der Waals surface area contributed by atoms with Crippen molar-refractivity contribution in [3.63, 3.8) is 0 Å². The number of nitrogens with one attached hydrogen (secondary N) is 3. The van der Waals surface area contributed by atoms with Gasteiger partial charge in [-0.2, -0.15) is 0 Å². The van der Waals surface area contributed by atoms with Crippen LogP contribution < -0.4 is 16.1 Å². The van der Waals surface area contributed by atoms with E-state index in [0.717, 1.165) is 25.7 Å². The molecule has 2 saturated heterocycles. The van der Waals surface area contributed by atoms with Crippen molar-refractivity contribution in [3.05, 3.63) is 24.8 Å². The van der Waals surface area contributed by atoms with Crippen molar-refractivity contribution in [1.29, 1.82) is 0 Å². The van der Waals surface area contributed by atoms with Crippen molar-refractivity contribution in [2.75, 3.05) is 0 Å². The van der Waals surface area contributed by atoms with Gasteiger partial charge in [0.2, 0.25) is 5.91 Å². The molecule has 0 radical (unpaired) electrons. The third kappa shape index (κ3) is 8.77. The lowest BCUT2D eigenvalue weighted by Crippen LogP contribution is -2.65. The number of hydrogen-bond donors (Lipinski definition) is 3. The number of carbonyl (C=O) groups is 2. The molecule has 0 saturated carbocycles. The second-order valence-electron chi connectivity index (χ2n) is 11.5. The molecule has 2 aliphatic rings. The SMILES string of the molecule is C/C=C/C(=O)NC1CC(C)(C)NC(C)(C)C1.C=CC(=O)NN1C(C)(C)CCCC1(C)C. The van der Waals surface area contributed by atoms with Gasteiger partial charge < -0.3 is 10.6 Å². The monoisotopic (exact) mass is 434 g/mol. The molecule has 0 aromatic heterocycles. The van der Waals surface area contributed by atoms with Crippen LogP contribution in [-0.2, 0) is 9.59 Å². The first-order valence-electron chi connectivity index (χ1n) is 11.5. The van der Waals surface area contributed by atoms with Gasteiger partial charge in [0.05, 0.1) is 0 Å². The molecule has 0 aromatic carbocycles. The van der Waals surface area contributed by atoms with Crippen molar-refractivity contribution in [3.8, 4) is 0 Å². The fourth-order valence-electron chi connectivity index (χ4n) is 5.28. The van der Waals surface area contributed by atoms with Gasteiger partial charge in [0.25, 0.3) is 5.91 Å². The third-order valence-corrected chi connectivity index (χ3v) is 6.05. The minimum Gasteiger partial charge on any atom is -0.350 e. The molecule has 0 spiro atoms. The number of hydrogen-bond acceptors (Lipinski definition) is 4. The first-order valence-corrected chi connectivity index (χ1v) is 11.5. The maximum atomic E-state index is 11.5. The standard InChI is InChI=1S/C13H24N2O.C12H22N2O/c1-6-7-11(16)14-10-8-12(2,3)15-13(4,5)9-10;1-6-10(15)13-14-11(2,3)8-7-9-12(14,4)5/h6-7,10,15H,8-9H2,1-5H3,(H,14,16);6H,1,7-9H2,2-5H3,(H,13,15)/b7-6+;. The van der Waals surface area contributed by atoms with Crippen LogP contribution in [0.5, 0.6) is 0 Å². The number of nitrogens with zero attached hydrogens (tertiary/aromatic N) is 1. The zero-order valence-corrected chi connectivity index (χ0v) is 21.3. The Kier molecular flexibility index (Phi) is 9.10. The lowest BCUT2D eigenvalue weighted by atomic mass is 9.79. The fourth-order valence-corrected chi connectivity index (χ4v) is 5.28. The zero-order chi connectivity index (χ0) is 24.1. The maximum Gasteiger partial charge on any atom is 0.257 e. The Morgan fingerprint density at radius 3 is 1.84 bits per heavy atom. The highest BCUT2D eigenvalue weighted by Crippen LogP contribution is 2.36. The van der Waals surface area contributed by atoms with Crippen molar-refractivity contribution in [1.82, 2.24) is 21.1 Å². The van der Waals surface area contributed by atoms with Crippen LogP contribution in [0.3, 0.4) is 0 Å². The van der Waals surface area contributed by atoms with E-state index in [1.807, 2.05) is 6.92 Å². The summed E-state index contributed by atoms with van der Waals surface area (Å²) in [5, 5.41) is 8.74. The van der Waals surface area contributed by atoms with Crippen LogP contribution in [0.4, 0.5) is 0 Å². The summed E-state index contributed by atoms with van der Waals surface area (Å²) >= 11 is 0. The molecule has 178 valence electrons. The molecule has 0 aliphatic carbocycles. The molecule has 0 bridgehead atoms. The topological polar surface area (TPSA) is 73.5 Å². The minimum atomic E-state index is -0.127. The van der Waals surface area contributed by atoms with Crippen molar-refractivity contribution in [2.24, 2.45) is 0 Å². The van der Waals surface area contributed by atoms with Gasteiger partial charge in [0, 0.05) is 28.2 Å². The Bertz CT molecular complexity index is 645. The summed E-state index contributed by atoms with van der Waals surface area (Å²) in [5.74, 6) is -0.112. The highest BCUT2D eigenvalue weighted by molar-refractivity contribution is 5.87. The minimum absolute atomic E-state index is 0.0143. The first-order chi connectivity index (χ1) is 14.0. The normalized spacial score (nSPS) is 24.5. The van der Waals surface area contributed by atoms with E-state index in [0.29, 0.717) is 0 Å². The molecule has 2 rings (SSSR count). The van der Waals surface area contributed by atoms with Crippen LogP contribution in [-0.4, -0.2) is 45.0 Å². The van der Waals surface area contributed by atoms with Crippen LogP contribution in [0.25, 0.3) is 0 Å². The Balaban J connectivity index is 0.000000311. The molecule has 6 heteroatoms. The number of piperidine rings is 2. The van der Waals surface area contributed by atoms with Gasteiger partial charge in [-0.15, -0.1) is 0 Å². The van der Waals surface area contributed by atoms with E-state index in [9.17, 15) is 9.59 Å². The van der Waals surface area contributed by atoms with E-state index >= 15 is 0 Å². The Hall–Kier alpha value is -1.66. The molecule has 2 aliphatic heterocycles. The second-order valence-corrected chi connectivity index (χ2v) is 11.5. The summed E-state index contributed by atoms with van der Waals surface area (Å²) in [5.41, 5.74) is 3.11. The number of amides is 2. The molecule has 2 heterocycles. The van der Waals surface area contributed by atoms with Crippen LogP contribution in [0.2, 0.25) is 0 Å². The molecule has 2 fully saturated rings. The number of allylic oxidation sites excluding steroid dienone is 1. The van der Waals surface area contributed by atoms with Crippen molar-refractivity contribution < 1.29 is 9.59 Å². The summed E-state index contributed by atoms with van der Waals surface area (Å²) in [4.78, 5) is 22.9. The molecular formula is C25H46N4O2.